The van der Waals surface area contributed by atoms with Crippen molar-refractivity contribution in [2.75, 3.05) is 0 Å². The van der Waals surface area contributed by atoms with E-state index in [1.54, 1.807) is 0 Å². The van der Waals surface area contributed by atoms with Gasteiger partial charge in [0.15, 0.2) is 0 Å². The van der Waals surface area contributed by atoms with Crippen molar-refractivity contribution in [3.05, 3.63) is 384 Å². The van der Waals surface area contributed by atoms with Crippen molar-refractivity contribution in [3.63, 3.8) is 0 Å². The molecule has 11 rings (SSSR count). The van der Waals surface area contributed by atoms with Gasteiger partial charge in [0.1, 0.15) is 0 Å². The highest BCUT2D eigenvalue weighted by Crippen LogP contribution is 2.17. The van der Waals surface area contributed by atoms with Gasteiger partial charge in [-0.1, -0.05) is 284 Å². The summed E-state index contributed by atoms with van der Waals surface area (Å²) in [5.41, 5.74) is 43.9. The van der Waals surface area contributed by atoms with Gasteiger partial charge < -0.3 is 0 Å². The van der Waals surface area contributed by atoms with E-state index in [1.165, 1.54) is 178 Å². The SMILES string of the molecule is Cc1cc(C)c(C)c(C)c1.Cc1cc(C)c(C)c(C)c1.Cc1cc(C)cc(C)c1.Cc1cc(C)cc(C)c1.Cc1ccc(C)c(C)c1.Cc1ccc(C)c(C)c1.Cc1ccc(C)cc1.Cc1cccc(C)c1.Cc1cccc(C)c1C.Cc1cccc(C)c1C.Cc1ccccc1C. The predicted molar refractivity (Wildman–Crippen MR) is 442 cm³/mol. The lowest BCUT2D eigenvalue weighted by Gasteiger charge is -2.04. The van der Waals surface area contributed by atoms with Crippen LogP contribution in [0, 0.1) is 222 Å². The largest absolute Gasteiger partial charge is 0.0620 e. The third kappa shape index (κ3) is 37.2. The second-order valence-electron chi connectivity index (χ2n) is 28.0. The Morgan fingerprint density at radius 1 is 0.102 bits per heavy atom. The van der Waals surface area contributed by atoms with E-state index in [-0.39, 0.29) is 0 Å². The van der Waals surface area contributed by atoms with Gasteiger partial charge in [-0.15, -0.1) is 0 Å². The first kappa shape index (κ1) is 87.4. The Morgan fingerprint density at radius 2 is 0.265 bits per heavy atom. The van der Waals surface area contributed by atoms with Gasteiger partial charge in [0, 0.05) is 0 Å². The van der Waals surface area contributed by atoms with Crippen LogP contribution in [0.3, 0.4) is 0 Å². The van der Waals surface area contributed by atoms with Crippen LogP contribution < -0.4 is 0 Å². The maximum atomic E-state index is 2.22. The van der Waals surface area contributed by atoms with Crippen LogP contribution in [0.4, 0.5) is 0 Å². The van der Waals surface area contributed by atoms with E-state index >= 15 is 0 Å². The number of hydrogen-bond acceptors (Lipinski definition) is 0. The zero-order chi connectivity index (χ0) is 74.5. The minimum absolute atomic E-state index is 1.33. The molecule has 0 aliphatic heterocycles. The molecule has 0 spiro atoms. The van der Waals surface area contributed by atoms with Gasteiger partial charge in [-0.05, 0) is 322 Å². The summed E-state index contributed by atoms with van der Waals surface area (Å²) in [6, 6.07) is 73.1. The molecule has 0 fully saturated rings. The fourth-order valence-corrected chi connectivity index (χ4v) is 10.6. The Labute approximate surface area is 602 Å². The molecule has 0 bridgehead atoms. The summed E-state index contributed by atoms with van der Waals surface area (Å²) >= 11 is 0. The summed E-state index contributed by atoms with van der Waals surface area (Å²) in [5, 5.41) is 0. The average molecular weight is 1310 g/mol. The summed E-state index contributed by atoms with van der Waals surface area (Å²) in [5.74, 6) is 0. The molecule has 0 heteroatoms. The van der Waals surface area contributed by atoms with Crippen LogP contribution in [0.1, 0.15) is 178 Å². The highest BCUT2D eigenvalue weighted by molar-refractivity contribution is 5.39. The molecule has 0 unspecified atom stereocenters. The van der Waals surface area contributed by atoms with Gasteiger partial charge in [0.25, 0.3) is 0 Å². The Bertz CT molecular complexity index is 3680. The smallest absolute Gasteiger partial charge is 0.0392 e. The zero-order valence-corrected chi connectivity index (χ0v) is 67.6. The third-order valence-corrected chi connectivity index (χ3v) is 17.8. The molecule has 11 aromatic carbocycles. The van der Waals surface area contributed by atoms with E-state index < -0.39 is 0 Å². The van der Waals surface area contributed by atoms with E-state index in [2.05, 4.69) is 428 Å². The first-order valence-corrected chi connectivity index (χ1v) is 35.2. The first-order valence-electron chi connectivity index (χ1n) is 35.2. The molecule has 11 aromatic rings. The molecule has 0 atom stereocenters. The minimum Gasteiger partial charge on any atom is -0.0620 e. The maximum absolute atomic E-state index is 2.22. The van der Waals surface area contributed by atoms with E-state index in [9.17, 15) is 0 Å². The van der Waals surface area contributed by atoms with Crippen molar-refractivity contribution in [1.29, 1.82) is 0 Å². The van der Waals surface area contributed by atoms with Crippen LogP contribution in [0.25, 0.3) is 0 Å². The van der Waals surface area contributed by atoms with Crippen LogP contribution in [0.5, 0.6) is 0 Å². The maximum Gasteiger partial charge on any atom is -0.0392 e. The molecule has 0 aliphatic rings. The van der Waals surface area contributed by atoms with E-state index in [1.807, 2.05) is 0 Å². The fourth-order valence-electron chi connectivity index (χ4n) is 10.6. The average Bonchev–Trinajstić information content (AvgIpc) is 0.979. The highest BCUT2D eigenvalue weighted by Gasteiger charge is 1.99. The molecule has 0 N–H and O–H groups in total. The van der Waals surface area contributed by atoms with Crippen LogP contribution in [0.15, 0.2) is 206 Å². The predicted octanol–water partition coefficient (Wildman–Crippen LogP) is 28.4. The lowest BCUT2D eigenvalue weighted by Crippen LogP contribution is -1.86. The molecule has 0 radical (unpaired) electrons. The Kier molecular flexibility index (Phi) is 40.9. The van der Waals surface area contributed by atoms with Crippen molar-refractivity contribution in [2.45, 2.75) is 222 Å². The molecule has 522 valence electrons. The topological polar surface area (TPSA) is 0 Å². The van der Waals surface area contributed by atoms with Gasteiger partial charge in [0.05, 0.1) is 0 Å². The number of rotatable bonds is 0. The van der Waals surface area contributed by atoms with Gasteiger partial charge in [-0.2, -0.15) is 0 Å². The van der Waals surface area contributed by atoms with Crippen molar-refractivity contribution in [1.82, 2.24) is 0 Å². The van der Waals surface area contributed by atoms with Crippen LogP contribution in [0.2, 0.25) is 0 Å². The van der Waals surface area contributed by atoms with E-state index in [0.29, 0.717) is 0 Å². The molecular weight excluding hydrogens is 1180 g/mol. The summed E-state index contributed by atoms with van der Waals surface area (Å²) in [4.78, 5) is 0. The van der Waals surface area contributed by atoms with Gasteiger partial charge >= 0.3 is 0 Å². The van der Waals surface area contributed by atoms with Crippen molar-refractivity contribution >= 4 is 0 Å². The van der Waals surface area contributed by atoms with Crippen molar-refractivity contribution in [2.24, 2.45) is 0 Å². The lowest BCUT2D eigenvalue weighted by molar-refractivity contribution is 1.23. The standard InChI is InChI=1S/2C10H14.6C9H12.3C8H10/c2*1-7-5-8(2)10(4)9(3)6-7;2*1-7-4-8(2)6-9(3)5-7;2*1-7-4-5-8(2)9(3)6-7;2*1-7-5-4-6-8(2)9(7)3;1-7-3-5-8(2)6-4-7;1-7-4-3-5-8(2)6-7;1-7-5-3-4-6-8(7)2/h2*5-6H,1-4H3;6*4-6H,1-3H3;3*3-6H,1-2H3. The van der Waals surface area contributed by atoms with Gasteiger partial charge in [-0.25, -0.2) is 0 Å². The molecule has 0 saturated carbocycles. The molecule has 0 aliphatic carbocycles. The molecule has 98 heavy (non-hydrogen) atoms. The summed E-state index contributed by atoms with van der Waals surface area (Å²) in [6.07, 6.45) is 0. The van der Waals surface area contributed by atoms with Crippen LogP contribution in [-0.4, -0.2) is 0 Å². The van der Waals surface area contributed by atoms with Crippen LogP contribution in [-0.2, 0) is 0 Å². The summed E-state index contributed by atoms with van der Waals surface area (Å²) in [6.45, 7) is 68.3. The first-order chi connectivity index (χ1) is 45.8. The molecule has 0 nitrogen and oxygen atoms in total. The number of hydrogen-bond donors (Lipinski definition) is 0. The monoisotopic (exact) mass is 1310 g/mol. The van der Waals surface area contributed by atoms with Gasteiger partial charge in [-0.3, -0.25) is 0 Å². The number of aryl methyl sites for hydroxylation is 28. The quantitative estimate of drug-likeness (QED) is 0.142. The van der Waals surface area contributed by atoms with Crippen LogP contribution >= 0.6 is 0 Å². The lowest BCUT2D eigenvalue weighted by atomic mass is 10.0. The molecule has 0 aromatic heterocycles. The number of benzene rings is 11. The molecule has 0 heterocycles. The normalized spacial score (nSPS) is 9.63. The Balaban J connectivity index is 0.000000539. The van der Waals surface area contributed by atoms with Gasteiger partial charge in [0.2, 0.25) is 0 Å². The summed E-state index contributed by atoms with van der Waals surface area (Å²) < 4.78 is 0. The second-order valence-corrected chi connectivity index (χ2v) is 28.0. The Hall–Kier alpha value is -8.58. The third-order valence-electron chi connectivity index (χ3n) is 17.8. The molecule has 0 saturated heterocycles. The molecule has 0 amide bonds. The summed E-state index contributed by atoms with van der Waals surface area (Å²) in [7, 11) is 0. The van der Waals surface area contributed by atoms with E-state index in [4.69, 9.17) is 0 Å². The van der Waals surface area contributed by atoms with E-state index in [0.717, 1.165) is 0 Å². The second kappa shape index (κ2) is 45.8. The minimum atomic E-state index is 1.33. The molecular formula is C98H130. The van der Waals surface area contributed by atoms with Crippen molar-refractivity contribution < 1.29 is 0 Å². The highest BCUT2D eigenvalue weighted by atomic mass is 14.0. The fraction of sp³-hybridized carbons (Fsp3) is 0.327. The Morgan fingerprint density at radius 3 is 0.459 bits per heavy atom. The zero-order valence-electron chi connectivity index (χ0n) is 67.6. The van der Waals surface area contributed by atoms with Crippen molar-refractivity contribution in [3.8, 4) is 0 Å².